The molecule has 0 radical (unpaired) electrons. The van der Waals surface area contributed by atoms with E-state index in [9.17, 15) is 9.59 Å². The minimum atomic E-state index is -1.03. The van der Waals surface area contributed by atoms with Gasteiger partial charge in [-0.3, -0.25) is 4.79 Å². The van der Waals surface area contributed by atoms with Crippen LogP contribution in [0, 0.1) is 0 Å². The van der Waals surface area contributed by atoms with Crippen LogP contribution in [0.25, 0.3) is 0 Å². The van der Waals surface area contributed by atoms with Gasteiger partial charge in [0.15, 0.2) is 6.10 Å². The van der Waals surface area contributed by atoms with Gasteiger partial charge in [0.2, 0.25) is 5.91 Å². The quantitative estimate of drug-likeness (QED) is 0.874. The van der Waals surface area contributed by atoms with Crippen molar-refractivity contribution in [3.8, 4) is 5.75 Å². The van der Waals surface area contributed by atoms with Gasteiger partial charge in [-0.25, -0.2) is 4.79 Å². The van der Waals surface area contributed by atoms with E-state index in [0.717, 1.165) is 11.3 Å². The number of aliphatic carboxylic acids is 1. The second kappa shape index (κ2) is 7.08. The maximum absolute atomic E-state index is 12.1. The van der Waals surface area contributed by atoms with Crippen LogP contribution in [0.4, 0.5) is 0 Å². The van der Waals surface area contributed by atoms with E-state index in [-0.39, 0.29) is 19.1 Å². The third-order valence-corrected chi connectivity index (χ3v) is 3.48. The van der Waals surface area contributed by atoms with E-state index in [1.54, 1.807) is 12.0 Å². The number of ether oxygens (including phenoxy) is 2. The summed E-state index contributed by atoms with van der Waals surface area (Å²) in [5.74, 6) is -0.287. The molecule has 1 aromatic rings. The van der Waals surface area contributed by atoms with Crippen LogP contribution in [0.3, 0.4) is 0 Å². The van der Waals surface area contributed by atoms with Gasteiger partial charge in [0, 0.05) is 13.0 Å². The Morgan fingerprint density at radius 2 is 2.10 bits per heavy atom. The highest BCUT2D eigenvalue weighted by atomic mass is 16.5. The average Bonchev–Trinajstić information content (AvgIpc) is 2.53. The largest absolute Gasteiger partial charge is 0.497 e. The van der Waals surface area contributed by atoms with Crippen molar-refractivity contribution in [2.24, 2.45) is 0 Å². The zero-order valence-corrected chi connectivity index (χ0v) is 11.9. The smallest absolute Gasteiger partial charge is 0.334 e. The van der Waals surface area contributed by atoms with Crippen LogP contribution in [-0.2, 0) is 20.7 Å². The average molecular weight is 293 g/mol. The molecule has 1 atom stereocenters. The van der Waals surface area contributed by atoms with Crippen LogP contribution in [0.5, 0.6) is 5.75 Å². The molecule has 6 nitrogen and oxygen atoms in total. The number of morpholine rings is 1. The van der Waals surface area contributed by atoms with E-state index in [0.29, 0.717) is 19.4 Å². The molecule has 0 unspecified atom stereocenters. The molecule has 1 aromatic carbocycles. The lowest BCUT2D eigenvalue weighted by Gasteiger charge is -2.31. The first kappa shape index (κ1) is 15.3. The van der Waals surface area contributed by atoms with Crippen molar-refractivity contribution in [2.45, 2.75) is 18.9 Å². The van der Waals surface area contributed by atoms with Crippen LogP contribution < -0.4 is 4.74 Å². The number of nitrogens with zero attached hydrogens (tertiary/aromatic N) is 1. The van der Waals surface area contributed by atoms with Gasteiger partial charge in [-0.1, -0.05) is 12.1 Å². The summed E-state index contributed by atoms with van der Waals surface area (Å²) in [5, 5.41) is 8.92. The molecule has 0 aromatic heterocycles. The van der Waals surface area contributed by atoms with Gasteiger partial charge in [-0.05, 0) is 24.1 Å². The highest BCUT2D eigenvalue weighted by molar-refractivity contribution is 5.78. The van der Waals surface area contributed by atoms with Crippen LogP contribution >= 0.6 is 0 Å². The minimum absolute atomic E-state index is 0.0413. The Bertz CT molecular complexity index is 499. The SMILES string of the molecule is COc1ccc(CCC(=O)N2CCO[C@H](C(=O)O)C2)cc1. The predicted molar refractivity (Wildman–Crippen MR) is 75.3 cm³/mol. The van der Waals surface area contributed by atoms with Gasteiger partial charge < -0.3 is 19.5 Å². The molecule has 1 saturated heterocycles. The van der Waals surface area contributed by atoms with Crippen LogP contribution in [0.1, 0.15) is 12.0 Å². The Morgan fingerprint density at radius 3 is 2.71 bits per heavy atom. The van der Waals surface area contributed by atoms with Gasteiger partial charge in [-0.15, -0.1) is 0 Å². The molecule has 0 saturated carbocycles. The second-order valence-electron chi connectivity index (χ2n) is 4.89. The van der Waals surface area contributed by atoms with Crippen molar-refractivity contribution in [2.75, 3.05) is 26.8 Å². The number of carboxylic acids is 1. The molecule has 1 heterocycles. The number of hydrogen-bond donors (Lipinski definition) is 1. The number of carboxylic acid groups (broad SMARTS) is 1. The van der Waals surface area contributed by atoms with Gasteiger partial charge >= 0.3 is 5.97 Å². The van der Waals surface area contributed by atoms with Crippen molar-refractivity contribution in [1.29, 1.82) is 0 Å². The molecule has 1 amide bonds. The van der Waals surface area contributed by atoms with E-state index in [1.165, 1.54) is 0 Å². The molecule has 114 valence electrons. The normalized spacial score (nSPS) is 18.3. The Balaban J connectivity index is 1.84. The van der Waals surface area contributed by atoms with Crippen molar-refractivity contribution >= 4 is 11.9 Å². The van der Waals surface area contributed by atoms with Crippen molar-refractivity contribution in [1.82, 2.24) is 4.90 Å². The van der Waals surface area contributed by atoms with Gasteiger partial charge in [0.1, 0.15) is 5.75 Å². The maximum atomic E-state index is 12.1. The summed E-state index contributed by atoms with van der Waals surface area (Å²) in [6, 6.07) is 7.56. The Hall–Kier alpha value is -2.08. The van der Waals surface area contributed by atoms with Gasteiger partial charge in [0.25, 0.3) is 0 Å². The zero-order valence-electron chi connectivity index (χ0n) is 11.9. The minimum Gasteiger partial charge on any atom is -0.497 e. The number of carbonyl (C=O) groups is 2. The van der Waals surface area contributed by atoms with E-state index >= 15 is 0 Å². The summed E-state index contributed by atoms with van der Waals surface area (Å²) in [7, 11) is 1.61. The molecule has 2 rings (SSSR count). The first-order valence-electron chi connectivity index (χ1n) is 6.85. The van der Waals surface area contributed by atoms with E-state index in [2.05, 4.69) is 0 Å². The standard InChI is InChI=1S/C15H19NO5/c1-20-12-5-2-11(3-6-12)4-7-14(17)16-8-9-21-13(10-16)15(18)19/h2-3,5-6,13H,4,7-10H2,1H3,(H,18,19)/t13-/m0/s1. The number of rotatable bonds is 5. The molecule has 6 heteroatoms. The van der Waals surface area contributed by atoms with E-state index in [1.807, 2.05) is 24.3 Å². The summed E-state index contributed by atoms with van der Waals surface area (Å²) >= 11 is 0. The second-order valence-corrected chi connectivity index (χ2v) is 4.89. The highest BCUT2D eigenvalue weighted by Gasteiger charge is 2.28. The molecular formula is C15H19NO5. The fourth-order valence-electron chi connectivity index (χ4n) is 2.23. The van der Waals surface area contributed by atoms with Crippen LogP contribution in [-0.4, -0.2) is 54.8 Å². The Kier molecular flexibility index (Phi) is 5.16. The lowest BCUT2D eigenvalue weighted by molar-refractivity contribution is -0.159. The summed E-state index contributed by atoms with van der Waals surface area (Å²) in [6.45, 7) is 0.841. The number of methoxy groups -OCH3 is 1. The van der Waals surface area contributed by atoms with Crippen molar-refractivity contribution < 1.29 is 24.2 Å². The van der Waals surface area contributed by atoms with Crippen molar-refractivity contribution in [3.05, 3.63) is 29.8 Å². The summed E-state index contributed by atoms with van der Waals surface area (Å²) in [6.07, 6.45) is 0.0695. The number of amides is 1. The third kappa shape index (κ3) is 4.19. The summed E-state index contributed by atoms with van der Waals surface area (Å²) in [5.41, 5.74) is 1.05. The first-order chi connectivity index (χ1) is 10.1. The maximum Gasteiger partial charge on any atom is 0.334 e. The van der Waals surface area contributed by atoms with E-state index in [4.69, 9.17) is 14.6 Å². The summed E-state index contributed by atoms with van der Waals surface area (Å²) < 4.78 is 10.2. The van der Waals surface area contributed by atoms with Gasteiger partial charge in [0.05, 0.1) is 20.3 Å². The number of hydrogen-bond acceptors (Lipinski definition) is 4. The Morgan fingerprint density at radius 1 is 1.38 bits per heavy atom. The first-order valence-corrected chi connectivity index (χ1v) is 6.85. The predicted octanol–water partition coefficient (Wildman–Crippen LogP) is 0.940. The lowest BCUT2D eigenvalue weighted by Crippen LogP contribution is -2.48. The summed E-state index contributed by atoms with van der Waals surface area (Å²) in [4.78, 5) is 24.6. The molecule has 1 aliphatic rings. The highest BCUT2D eigenvalue weighted by Crippen LogP contribution is 2.14. The molecule has 0 spiro atoms. The Labute approximate surface area is 123 Å². The number of carbonyl (C=O) groups excluding carboxylic acids is 1. The molecule has 1 aliphatic heterocycles. The molecule has 0 aliphatic carbocycles. The molecule has 21 heavy (non-hydrogen) atoms. The topological polar surface area (TPSA) is 76.1 Å². The molecular weight excluding hydrogens is 274 g/mol. The number of benzene rings is 1. The fourth-order valence-corrected chi connectivity index (χ4v) is 2.23. The zero-order chi connectivity index (χ0) is 15.2. The molecule has 0 bridgehead atoms. The van der Waals surface area contributed by atoms with Crippen LogP contribution in [0.2, 0.25) is 0 Å². The van der Waals surface area contributed by atoms with E-state index < -0.39 is 12.1 Å². The molecule has 1 fully saturated rings. The van der Waals surface area contributed by atoms with Gasteiger partial charge in [-0.2, -0.15) is 0 Å². The molecule has 1 N–H and O–H groups in total. The number of aryl methyl sites for hydroxylation is 1. The lowest BCUT2D eigenvalue weighted by atomic mass is 10.1. The fraction of sp³-hybridized carbons (Fsp3) is 0.467. The monoisotopic (exact) mass is 293 g/mol. The third-order valence-electron chi connectivity index (χ3n) is 3.48. The van der Waals surface area contributed by atoms with Crippen molar-refractivity contribution in [3.63, 3.8) is 0 Å². The van der Waals surface area contributed by atoms with Crippen LogP contribution in [0.15, 0.2) is 24.3 Å².